The lowest BCUT2D eigenvalue weighted by Gasteiger charge is -2.16. The van der Waals surface area contributed by atoms with Crippen molar-refractivity contribution in [1.82, 2.24) is 4.90 Å². The van der Waals surface area contributed by atoms with Crippen molar-refractivity contribution in [2.45, 2.75) is 13.0 Å². The summed E-state index contributed by atoms with van der Waals surface area (Å²) in [5.41, 5.74) is 1.10. The number of nitrogens with zero attached hydrogens (tertiary/aromatic N) is 2. The number of carbonyl (C=O) groups is 1. The molecule has 0 aliphatic heterocycles. The molecule has 0 saturated heterocycles. The Morgan fingerprint density at radius 3 is 2.81 bits per heavy atom. The summed E-state index contributed by atoms with van der Waals surface area (Å²) in [7, 11) is 1.87. The monoisotopic (exact) mass is 218 g/mol. The van der Waals surface area contributed by atoms with Crippen LogP contribution in [-0.2, 0) is 6.54 Å². The van der Waals surface area contributed by atoms with Crippen LogP contribution < -0.4 is 0 Å². The first-order valence-corrected chi connectivity index (χ1v) is 5.02. The second-order valence-electron chi connectivity index (χ2n) is 3.61. The van der Waals surface area contributed by atoms with Crippen LogP contribution in [0.3, 0.4) is 0 Å². The van der Waals surface area contributed by atoms with E-state index in [1.165, 1.54) is 0 Å². The van der Waals surface area contributed by atoms with Gasteiger partial charge in [-0.05, 0) is 18.7 Å². The highest BCUT2D eigenvalue weighted by Crippen LogP contribution is 2.11. The third-order valence-corrected chi connectivity index (χ3v) is 2.29. The Balaban J connectivity index is 2.73. The van der Waals surface area contributed by atoms with E-state index >= 15 is 0 Å². The third-order valence-electron chi connectivity index (χ3n) is 2.29. The number of hydrogen-bond donors (Lipinski definition) is 1. The summed E-state index contributed by atoms with van der Waals surface area (Å²) in [5.74, 6) is -0.913. The molecule has 0 bridgehead atoms. The van der Waals surface area contributed by atoms with Gasteiger partial charge in [0.25, 0.3) is 0 Å². The van der Waals surface area contributed by atoms with E-state index in [-0.39, 0.29) is 0 Å². The van der Waals surface area contributed by atoms with Crippen LogP contribution >= 0.6 is 0 Å². The Labute approximate surface area is 94.7 Å². The van der Waals surface area contributed by atoms with Crippen molar-refractivity contribution < 1.29 is 9.90 Å². The van der Waals surface area contributed by atoms with Gasteiger partial charge in [0.05, 0.1) is 11.6 Å². The zero-order valence-electron chi connectivity index (χ0n) is 9.18. The summed E-state index contributed by atoms with van der Waals surface area (Å²) in [4.78, 5) is 12.9. The molecule has 0 spiro atoms. The Kier molecular flexibility index (Phi) is 4.49. The number of benzene rings is 1. The standard InChI is InChI=1S/C12H14N2O2/c1-14(8-4-7-13)9-10-5-2-3-6-11(10)12(15)16/h2-3,5-6H,4,8-9H2,1H3,(H,15,16). The summed E-state index contributed by atoms with van der Waals surface area (Å²) in [6, 6.07) is 8.98. The molecule has 0 atom stereocenters. The predicted molar refractivity (Wildman–Crippen MR) is 60.0 cm³/mol. The highest BCUT2D eigenvalue weighted by molar-refractivity contribution is 5.89. The topological polar surface area (TPSA) is 64.3 Å². The van der Waals surface area contributed by atoms with Crippen LogP contribution in [0.2, 0.25) is 0 Å². The number of carboxylic acid groups (broad SMARTS) is 1. The lowest BCUT2D eigenvalue weighted by Crippen LogP contribution is -2.20. The molecule has 4 heteroatoms. The zero-order chi connectivity index (χ0) is 12.0. The van der Waals surface area contributed by atoms with Crippen LogP contribution in [0.25, 0.3) is 0 Å². The number of nitriles is 1. The van der Waals surface area contributed by atoms with E-state index in [0.29, 0.717) is 25.1 Å². The fourth-order valence-corrected chi connectivity index (χ4v) is 1.48. The van der Waals surface area contributed by atoms with Crippen molar-refractivity contribution in [3.63, 3.8) is 0 Å². The van der Waals surface area contributed by atoms with Crippen molar-refractivity contribution >= 4 is 5.97 Å². The second-order valence-corrected chi connectivity index (χ2v) is 3.61. The molecule has 0 saturated carbocycles. The summed E-state index contributed by atoms with van der Waals surface area (Å²) < 4.78 is 0. The van der Waals surface area contributed by atoms with Gasteiger partial charge in [0.1, 0.15) is 0 Å². The minimum atomic E-state index is -0.913. The van der Waals surface area contributed by atoms with Gasteiger partial charge in [-0.3, -0.25) is 0 Å². The molecule has 1 N–H and O–H groups in total. The molecule has 0 aromatic heterocycles. The van der Waals surface area contributed by atoms with Crippen LogP contribution in [0.5, 0.6) is 0 Å². The van der Waals surface area contributed by atoms with Gasteiger partial charge in [-0.15, -0.1) is 0 Å². The molecule has 0 amide bonds. The molecule has 1 aromatic rings. The Morgan fingerprint density at radius 1 is 1.50 bits per heavy atom. The SMILES string of the molecule is CN(CCC#N)Cc1ccccc1C(=O)O. The molecule has 84 valence electrons. The van der Waals surface area contributed by atoms with Crippen molar-refractivity contribution in [1.29, 1.82) is 5.26 Å². The van der Waals surface area contributed by atoms with E-state index in [0.717, 1.165) is 5.56 Å². The van der Waals surface area contributed by atoms with Crippen LogP contribution in [0.15, 0.2) is 24.3 Å². The highest BCUT2D eigenvalue weighted by Gasteiger charge is 2.10. The van der Waals surface area contributed by atoms with Gasteiger partial charge in [-0.25, -0.2) is 4.79 Å². The molecule has 0 aliphatic carbocycles. The maximum atomic E-state index is 10.9. The fraction of sp³-hybridized carbons (Fsp3) is 0.333. The first-order chi connectivity index (χ1) is 7.65. The first-order valence-electron chi connectivity index (χ1n) is 5.02. The van der Waals surface area contributed by atoms with Gasteiger partial charge < -0.3 is 10.0 Å². The van der Waals surface area contributed by atoms with Crippen LogP contribution in [-0.4, -0.2) is 29.6 Å². The Bertz CT molecular complexity index is 410. The smallest absolute Gasteiger partial charge is 0.336 e. The zero-order valence-corrected chi connectivity index (χ0v) is 9.18. The first kappa shape index (κ1) is 12.2. The van der Waals surface area contributed by atoms with Crippen molar-refractivity contribution in [2.75, 3.05) is 13.6 Å². The van der Waals surface area contributed by atoms with E-state index in [1.54, 1.807) is 18.2 Å². The quantitative estimate of drug-likeness (QED) is 0.817. The normalized spacial score (nSPS) is 10.1. The number of aromatic carboxylic acids is 1. The van der Waals surface area contributed by atoms with Gasteiger partial charge in [0.15, 0.2) is 0 Å². The number of hydrogen-bond acceptors (Lipinski definition) is 3. The van der Waals surface area contributed by atoms with Crippen LogP contribution in [0, 0.1) is 11.3 Å². The Morgan fingerprint density at radius 2 is 2.19 bits per heavy atom. The lowest BCUT2D eigenvalue weighted by molar-refractivity contribution is 0.0694. The van der Waals surface area contributed by atoms with E-state index < -0.39 is 5.97 Å². The average molecular weight is 218 g/mol. The summed E-state index contributed by atoms with van der Waals surface area (Å²) in [6.07, 6.45) is 0.450. The highest BCUT2D eigenvalue weighted by atomic mass is 16.4. The molecule has 0 fully saturated rings. The van der Waals surface area contributed by atoms with E-state index in [2.05, 4.69) is 6.07 Å². The maximum Gasteiger partial charge on any atom is 0.336 e. The predicted octanol–water partition coefficient (Wildman–Crippen LogP) is 1.73. The largest absolute Gasteiger partial charge is 0.478 e. The summed E-state index contributed by atoms with van der Waals surface area (Å²) in [6.45, 7) is 1.19. The van der Waals surface area contributed by atoms with Gasteiger partial charge >= 0.3 is 5.97 Å². The lowest BCUT2D eigenvalue weighted by atomic mass is 10.1. The second kappa shape index (κ2) is 5.89. The minimum absolute atomic E-state index is 0.325. The third kappa shape index (κ3) is 3.37. The Hall–Kier alpha value is -1.86. The van der Waals surface area contributed by atoms with Crippen molar-refractivity contribution in [2.24, 2.45) is 0 Å². The van der Waals surface area contributed by atoms with Crippen LogP contribution in [0.1, 0.15) is 22.3 Å². The minimum Gasteiger partial charge on any atom is -0.478 e. The van der Waals surface area contributed by atoms with Crippen LogP contribution in [0.4, 0.5) is 0 Å². The molecule has 0 unspecified atom stereocenters. The van der Waals surface area contributed by atoms with Gasteiger partial charge in [0, 0.05) is 19.5 Å². The average Bonchev–Trinajstić information content (AvgIpc) is 2.27. The number of rotatable bonds is 5. The molecule has 1 aromatic carbocycles. The molecule has 1 rings (SSSR count). The summed E-state index contributed by atoms with van der Waals surface area (Å²) >= 11 is 0. The molecule has 4 nitrogen and oxygen atoms in total. The molecular formula is C12H14N2O2. The molecule has 16 heavy (non-hydrogen) atoms. The molecular weight excluding hydrogens is 204 g/mol. The van der Waals surface area contributed by atoms with Crippen molar-refractivity contribution in [3.05, 3.63) is 35.4 Å². The van der Waals surface area contributed by atoms with E-state index in [1.807, 2.05) is 18.0 Å². The van der Waals surface area contributed by atoms with Gasteiger partial charge in [-0.1, -0.05) is 18.2 Å². The van der Waals surface area contributed by atoms with Gasteiger partial charge in [-0.2, -0.15) is 5.26 Å². The fourth-order valence-electron chi connectivity index (χ4n) is 1.48. The summed E-state index contributed by atoms with van der Waals surface area (Å²) in [5, 5.41) is 17.4. The van der Waals surface area contributed by atoms with Gasteiger partial charge in [0.2, 0.25) is 0 Å². The van der Waals surface area contributed by atoms with Crippen molar-refractivity contribution in [3.8, 4) is 6.07 Å². The van der Waals surface area contributed by atoms with E-state index in [4.69, 9.17) is 10.4 Å². The van der Waals surface area contributed by atoms with E-state index in [9.17, 15) is 4.79 Å². The molecule has 0 aliphatic rings. The molecule has 0 heterocycles. The number of carboxylic acids is 1. The molecule has 0 radical (unpaired) electrons. The maximum absolute atomic E-state index is 10.9.